The van der Waals surface area contributed by atoms with E-state index in [9.17, 15) is 18.0 Å². The molecule has 1 aliphatic heterocycles. The summed E-state index contributed by atoms with van der Waals surface area (Å²) in [5.74, 6) is -0.392. The van der Waals surface area contributed by atoms with Gasteiger partial charge in [0.05, 0.1) is 5.75 Å². The van der Waals surface area contributed by atoms with E-state index in [1.165, 1.54) is 0 Å². The molecule has 0 radical (unpaired) electrons. The number of nitrogens with two attached hydrogens (primary N) is 1. The first-order valence-electron chi connectivity index (χ1n) is 9.33. The Morgan fingerprint density at radius 3 is 2.64 bits per heavy atom. The molecular weight excluding hydrogens is 384 g/mol. The zero-order valence-corrected chi connectivity index (χ0v) is 16.5. The average molecular weight is 413 g/mol. The van der Waals surface area contributed by atoms with Crippen molar-refractivity contribution in [2.75, 3.05) is 25.4 Å². The Morgan fingerprint density at radius 1 is 1.29 bits per heavy atom. The van der Waals surface area contributed by atoms with Gasteiger partial charge in [0.2, 0.25) is 15.9 Å². The van der Waals surface area contributed by atoms with Crippen LogP contribution >= 0.6 is 0 Å². The molecule has 156 valence electrons. The highest BCUT2D eigenvalue weighted by Gasteiger charge is 2.34. The molecular formula is C18H28N4O5S. The van der Waals surface area contributed by atoms with Crippen molar-refractivity contribution >= 4 is 22.0 Å². The van der Waals surface area contributed by atoms with Gasteiger partial charge in [-0.05, 0) is 31.4 Å². The number of hydrogen-bond donors (Lipinski definition) is 4. The van der Waals surface area contributed by atoms with Gasteiger partial charge in [0.15, 0.2) is 0 Å². The molecule has 1 aromatic carbocycles. The zero-order valence-electron chi connectivity index (χ0n) is 15.7. The lowest BCUT2D eigenvalue weighted by molar-refractivity contribution is -0.134. The number of benzene rings is 1. The fourth-order valence-electron chi connectivity index (χ4n) is 3.31. The first kappa shape index (κ1) is 22.1. The maximum Gasteiger partial charge on any atom is 0.405 e. The van der Waals surface area contributed by atoms with Crippen LogP contribution in [0, 0.1) is 0 Å². The second-order valence-electron chi connectivity index (χ2n) is 6.83. The number of nitrogens with zero attached hydrogens (tertiary/aromatic N) is 1. The highest BCUT2D eigenvalue weighted by molar-refractivity contribution is 7.89. The van der Waals surface area contributed by atoms with Gasteiger partial charge in [0, 0.05) is 25.6 Å². The molecule has 0 unspecified atom stereocenters. The van der Waals surface area contributed by atoms with Crippen molar-refractivity contribution in [1.29, 1.82) is 0 Å². The summed E-state index contributed by atoms with van der Waals surface area (Å²) in [6.07, 6.45) is 0.733. The van der Waals surface area contributed by atoms with Gasteiger partial charge in [0.25, 0.3) is 0 Å². The fraction of sp³-hybridized carbons (Fsp3) is 0.556. The highest BCUT2D eigenvalue weighted by Crippen LogP contribution is 2.19. The lowest BCUT2D eigenvalue weighted by atomic mass is 10.0. The van der Waals surface area contributed by atoms with Gasteiger partial charge in [-0.2, -0.15) is 0 Å². The van der Waals surface area contributed by atoms with Crippen molar-refractivity contribution in [3.8, 4) is 0 Å². The van der Waals surface area contributed by atoms with Crippen molar-refractivity contribution in [3.05, 3.63) is 35.9 Å². The molecule has 2 amide bonds. The predicted octanol–water partition coefficient (Wildman–Crippen LogP) is 0.125. The highest BCUT2D eigenvalue weighted by atomic mass is 32.2. The molecule has 10 heteroatoms. The number of amides is 2. The molecule has 1 fully saturated rings. The van der Waals surface area contributed by atoms with Crippen LogP contribution in [-0.4, -0.2) is 67.9 Å². The number of carbonyl (C=O) groups is 2. The summed E-state index contributed by atoms with van der Waals surface area (Å²) in [5.41, 5.74) is 6.19. The van der Waals surface area contributed by atoms with Crippen LogP contribution < -0.4 is 15.8 Å². The van der Waals surface area contributed by atoms with Crippen LogP contribution in [0.2, 0.25) is 0 Å². The van der Waals surface area contributed by atoms with E-state index in [0.717, 1.165) is 12.0 Å². The minimum atomic E-state index is -3.45. The van der Waals surface area contributed by atoms with Crippen molar-refractivity contribution in [3.63, 3.8) is 0 Å². The molecule has 2 atom stereocenters. The number of carboxylic acid groups (broad SMARTS) is 1. The third-order valence-corrected chi connectivity index (χ3v) is 6.13. The van der Waals surface area contributed by atoms with Crippen LogP contribution in [0.25, 0.3) is 0 Å². The number of carbonyl (C=O) groups excluding carboxylic acids is 1. The summed E-state index contributed by atoms with van der Waals surface area (Å²) in [7, 11) is -3.45. The van der Waals surface area contributed by atoms with E-state index in [-0.39, 0.29) is 37.2 Å². The summed E-state index contributed by atoms with van der Waals surface area (Å²) in [4.78, 5) is 25.8. The van der Waals surface area contributed by atoms with Crippen LogP contribution in [0.5, 0.6) is 0 Å². The Bertz CT molecular complexity index is 756. The lowest BCUT2D eigenvalue weighted by Gasteiger charge is -2.29. The minimum Gasteiger partial charge on any atom is -0.465 e. The maximum absolute atomic E-state index is 13.0. The minimum absolute atomic E-state index is 0.0542. The quantitative estimate of drug-likeness (QED) is 0.430. The van der Waals surface area contributed by atoms with E-state index in [1.807, 2.05) is 30.3 Å². The molecule has 28 heavy (non-hydrogen) atoms. The Kier molecular flexibility index (Phi) is 8.21. The van der Waals surface area contributed by atoms with Crippen molar-refractivity contribution < 1.29 is 23.1 Å². The van der Waals surface area contributed by atoms with E-state index in [0.29, 0.717) is 19.4 Å². The molecule has 1 aliphatic rings. The van der Waals surface area contributed by atoms with E-state index >= 15 is 0 Å². The van der Waals surface area contributed by atoms with Crippen molar-refractivity contribution in [2.45, 2.75) is 37.8 Å². The van der Waals surface area contributed by atoms with Gasteiger partial charge in [-0.15, -0.1) is 0 Å². The number of hydrogen-bond acceptors (Lipinski definition) is 5. The Morgan fingerprint density at radius 2 is 2.00 bits per heavy atom. The summed E-state index contributed by atoms with van der Waals surface area (Å²) < 4.78 is 26.5. The molecule has 0 bridgehead atoms. The van der Waals surface area contributed by atoms with Gasteiger partial charge >= 0.3 is 6.09 Å². The van der Waals surface area contributed by atoms with Crippen LogP contribution in [-0.2, 0) is 21.2 Å². The van der Waals surface area contributed by atoms with Crippen LogP contribution in [0.4, 0.5) is 4.79 Å². The predicted molar refractivity (Wildman–Crippen MR) is 105 cm³/mol. The van der Waals surface area contributed by atoms with Crippen LogP contribution in [0.3, 0.4) is 0 Å². The van der Waals surface area contributed by atoms with Gasteiger partial charge in [-0.3, -0.25) is 4.79 Å². The van der Waals surface area contributed by atoms with Gasteiger partial charge < -0.3 is 21.1 Å². The van der Waals surface area contributed by atoms with Crippen molar-refractivity contribution in [2.24, 2.45) is 5.73 Å². The smallest absolute Gasteiger partial charge is 0.405 e. The fourth-order valence-corrected chi connectivity index (χ4v) is 4.44. The first-order chi connectivity index (χ1) is 13.3. The molecule has 9 nitrogen and oxygen atoms in total. The number of nitrogens with one attached hydrogen (secondary N) is 2. The Hall–Kier alpha value is -2.17. The monoisotopic (exact) mass is 412 g/mol. The average Bonchev–Trinajstić information content (AvgIpc) is 3.13. The molecule has 1 heterocycles. The van der Waals surface area contributed by atoms with Crippen LogP contribution in [0.15, 0.2) is 30.3 Å². The molecule has 5 N–H and O–H groups in total. The maximum atomic E-state index is 13.0. The molecule has 0 aliphatic carbocycles. The third-order valence-electron chi connectivity index (χ3n) is 4.69. The normalized spacial score (nSPS) is 18.0. The van der Waals surface area contributed by atoms with E-state index in [4.69, 9.17) is 10.8 Å². The van der Waals surface area contributed by atoms with Gasteiger partial charge in [-0.1, -0.05) is 30.3 Å². The second kappa shape index (κ2) is 10.4. The summed E-state index contributed by atoms with van der Waals surface area (Å²) in [6.45, 7) is 0.876. The SMILES string of the molecule is NCCCS(=O)(=O)NC[C@H]1CCCN1C(=O)[C@H](Cc1ccccc1)NC(=O)O. The molecule has 1 saturated heterocycles. The molecule has 2 rings (SSSR count). The van der Waals surface area contributed by atoms with E-state index in [2.05, 4.69) is 10.0 Å². The zero-order chi connectivity index (χ0) is 20.6. The molecule has 0 saturated carbocycles. The summed E-state index contributed by atoms with van der Waals surface area (Å²) in [6, 6.07) is 7.94. The Labute approximate surface area is 165 Å². The molecule has 1 aromatic rings. The largest absolute Gasteiger partial charge is 0.465 e. The summed E-state index contributed by atoms with van der Waals surface area (Å²) >= 11 is 0. The Balaban J connectivity index is 2.04. The van der Waals surface area contributed by atoms with E-state index < -0.39 is 22.2 Å². The van der Waals surface area contributed by atoms with Crippen LogP contribution in [0.1, 0.15) is 24.8 Å². The van der Waals surface area contributed by atoms with Gasteiger partial charge in [0.1, 0.15) is 6.04 Å². The topological polar surface area (TPSA) is 142 Å². The lowest BCUT2D eigenvalue weighted by Crippen LogP contribution is -2.52. The molecule has 0 spiro atoms. The van der Waals surface area contributed by atoms with Crippen molar-refractivity contribution in [1.82, 2.24) is 14.9 Å². The summed E-state index contributed by atoms with van der Waals surface area (Å²) in [5, 5.41) is 11.4. The number of sulfonamides is 1. The number of rotatable bonds is 10. The first-order valence-corrected chi connectivity index (χ1v) is 11.0. The standard InChI is InChI=1S/C18H28N4O5S/c19-9-5-11-28(26,27)20-13-15-8-4-10-22(15)17(23)16(21-18(24)25)12-14-6-2-1-3-7-14/h1-3,6-7,15-16,20-21H,4-5,8-13,19H2,(H,24,25)/t15-,16+/m1/s1. The third kappa shape index (κ3) is 6.77. The van der Waals surface area contributed by atoms with E-state index in [1.54, 1.807) is 4.90 Å². The molecule has 0 aromatic heterocycles. The van der Waals surface area contributed by atoms with Gasteiger partial charge in [-0.25, -0.2) is 17.9 Å². The number of likely N-dealkylation sites (tertiary alicyclic amines) is 1. The second-order valence-corrected chi connectivity index (χ2v) is 8.76.